The first-order valence-electron chi connectivity index (χ1n) is 9.26. The van der Waals surface area contributed by atoms with Crippen LogP contribution in [0.15, 0.2) is 42.5 Å². The van der Waals surface area contributed by atoms with E-state index in [-0.39, 0.29) is 18.5 Å². The largest absolute Gasteiger partial charge is 0.454 e. The van der Waals surface area contributed by atoms with Crippen molar-refractivity contribution >= 4 is 17.8 Å². The highest BCUT2D eigenvalue weighted by Crippen LogP contribution is 2.20. The van der Waals surface area contributed by atoms with Gasteiger partial charge in [-0.15, -0.1) is 0 Å². The summed E-state index contributed by atoms with van der Waals surface area (Å²) in [6.07, 6.45) is 5.34. The molecule has 5 heteroatoms. The highest BCUT2D eigenvalue weighted by atomic mass is 16.5. The summed E-state index contributed by atoms with van der Waals surface area (Å²) in [6, 6.07) is 11.3. The number of hydrogen-bond donors (Lipinski definition) is 0. The van der Waals surface area contributed by atoms with Gasteiger partial charge in [0, 0.05) is 36.2 Å². The minimum absolute atomic E-state index is 0.192. The van der Waals surface area contributed by atoms with Crippen LogP contribution in [0.25, 0.3) is 6.08 Å². The summed E-state index contributed by atoms with van der Waals surface area (Å²) < 4.78 is 12.9. The molecule has 0 spiro atoms. The highest BCUT2D eigenvalue weighted by molar-refractivity contribution is 6.00. The van der Waals surface area contributed by atoms with E-state index in [9.17, 15) is 9.59 Å². The number of aromatic nitrogens is 1. The number of rotatable bonds is 7. The van der Waals surface area contributed by atoms with Crippen molar-refractivity contribution in [2.75, 3.05) is 13.2 Å². The van der Waals surface area contributed by atoms with Gasteiger partial charge in [-0.05, 0) is 44.4 Å². The fourth-order valence-corrected chi connectivity index (χ4v) is 3.35. The Bertz CT molecular complexity index is 829. The van der Waals surface area contributed by atoms with E-state index in [2.05, 4.69) is 4.57 Å². The van der Waals surface area contributed by atoms with Crippen LogP contribution in [0, 0.1) is 13.8 Å². The minimum atomic E-state index is -0.527. The number of nitrogens with zero attached hydrogens (tertiary/aromatic N) is 1. The molecule has 0 amide bonds. The van der Waals surface area contributed by atoms with E-state index >= 15 is 0 Å². The van der Waals surface area contributed by atoms with Gasteiger partial charge in [-0.1, -0.05) is 30.3 Å². The van der Waals surface area contributed by atoms with Crippen LogP contribution in [0.2, 0.25) is 0 Å². The Morgan fingerprint density at radius 2 is 2.04 bits per heavy atom. The van der Waals surface area contributed by atoms with Gasteiger partial charge in [0.1, 0.15) is 0 Å². The van der Waals surface area contributed by atoms with Crippen LogP contribution in [-0.2, 0) is 20.8 Å². The number of esters is 1. The Hall–Kier alpha value is -2.66. The molecule has 0 saturated carbocycles. The average Bonchev–Trinajstić information content (AvgIpc) is 3.29. The zero-order chi connectivity index (χ0) is 19.2. The van der Waals surface area contributed by atoms with Gasteiger partial charge < -0.3 is 14.0 Å². The molecule has 2 aromatic rings. The Labute approximate surface area is 159 Å². The zero-order valence-electron chi connectivity index (χ0n) is 15.8. The molecule has 1 aromatic carbocycles. The monoisotopic (exact) mass is 367 g/mol. The second-order valence-corrected chi connectivity index (χ2v) is 6.81. The number of Topliss-reactive ketones (excluding diaryl/α,β-unsaturated/α-hetero) is 1. The molecule has 0 unspecified atom stereocenters. The average molecular weight is 367 g/mol. The van der Waals surface area contributed by atoms with E-state index in [1.54, 1.807) is 6.08 Å². The quantitative estimate of drug-likeness (QED) is 0.425. The number of hydrogen-bond acceptors (Lipinski definition) is 4. The van der Waals surface area contributed by atoms with E-state index < -0.39 is 5.97 Å². The Morgan fingerprint density at radius 3 is 2.74 bits per heavy atom. The third-order valence-electron chi connectivity index (χ3n) is 4.84. The molecule has 0 aliphatic carbocycles. The smallest absolute Gasteiger partial charge is 0.331 e. The zero-order valence-corrected chi connectivity index (χ0v) is 15.8. The summed E-state index contributed by atoms with van der Waals surface area (Å²) in [7, 11) is 0. The molecule has 0 radical (unpaired) electrons. The molecule has 1 aromatic heterocycles. The SMILES string of the molecule is Cc1cc(C(=O)COC(=O)/C=C/c2ccccc2)c(C)n1C[C@H]1CCCO1. The van der Waals surface area contributed by atoms with Gasteiger partial charge in [-0.3, -0.25) is 4.79 Å². The van der Waals surface area contributed by atoms with Crippen molar-refractivity contribution in [2.24, 2.45) is 0 Å². The molecule has 142 valence electrons. The van der Waals surface area contributed by atoms with Crippen LogP contribution in [0.1, 0.15) is 40.2 Å². The predicted octanol–water partition coefficient (Wildman–Crippen LogP) is 3.72. The molecule has 3 rings (SSSR count). The molecule has 0 N–H and O–H groups in total. The first kappa shape index (κ1) is 19.1. The Morgan fingerprint density at radius 1 is 1.26 bits per heavy atom. The van der Waals surface area contributed by atoms with Crippen LogP contribution in [-0.4, -0.2) is 35.6 Å². The predicted molar refractivity (Wildman–Crippen MR) is 104 cm³/mol. The number of ether oxygens (including phenoxy) is 2. The molecule has 5 nitrogen and oxygen atoms in total. The van der Waals surface area contributed by atoms with E-state index in [4.69, 9.17) is 9.47 Å². The summed E-state index contributed by atoms with van der Waals surface area (Å²) in [5.41, 5.74) is 3.41. The molecule has 1 atom stereocenters. The lowest BCUT2D eigenvalue weighted by Crippen LogP contribution is -2.18. The number of carbonyl (C=O) groups excluding carboxylic acids is 2. The van der Waals surface area contributed by atoms with Crippen molar-refractivity contribution < 1.29 is 19.1 Å². The van der Waals surface area contributed by atoms with Crippen LogP contribution in [0.5, 0.6) is 0 Å². The highest BCUT2D eigenvalue weighted by Gasteiger charge is 2.21. The van der Waals surface area contributed by atoms with Gasteiger partial charge in [0.05, 0.1) is 6.10 Å². The van der Waals surface area contributed by atoms with Gasteiger partial charge in [-0.2, -0.15) is 0 Å². The van der Waals surface area contributed by atoms with Crippen molar-refractivity contribution in [1.29, 1.82) is 0 Å². The fraction of sp³-hybridized carbons (Fsp3) is 0.364. The third-order valence-corrected chi connectivity index (χ3v) is 4.84. The van der Waals surface area contributed by atoms with E-state index in [1.807, 2.05) is 50.2 Å². The number of carbonyl (C=O) groups is 2. The lowest BCUT2D eigenvalue weighted by atomic mass is 10.1. The molecular formula is C22H25NO4. The van der Waals surface area contributed by atoms with Crippen molar-refractivity contribution in [2.45, 2.75) is 39.3 Å². The summed E-state index contributed by atoms with van der Waals surface area (Å²) in [6.45, 7) is 5.20. The molecular weight excluding hydrogens is 342 g/mol. The van der Waals surface area contributed by atoms with Crippen molar-refractivity contribution in [3.8, 4) is 0 Å². The van der Waals surface area contributed by atoms with Gasteiger partial charge in [0.15, 0.2) is 6.61 Å². The van der Waals surface area contributed by atoms with Crippen LogP contribution in [0.4, 0.5) is 0 Å². The second-order valence-electron chi connectivity index (χ2n) is 6.81. The third kappa shape index (κ3) is 4.95. The summed E-state index contributed by atoms with van der Waals surface area (Å²) in [5.74, 6) is -0.719. The Balaban J connectivity index is 1.57. The fourth-order valence-electron chi connectivity index (χ4n) is 3.35. The summed E-state index contributed by atoms with van der Waals surface area (Å²) >= 11 is 0. The lowest BCUT2D eigenvalue weighted by molar-refractivity contribution is -0.136. The van der Waals surface area contributed by atoms with Gasteiger partial charge in [0.25, 0.3) is 0 Å². The molecule has 1 aliphatic heterocycles. The van der Waals surface area contributed by atoms with Gasteiger partial charge >= 0.3 is 5.97 Å². The van der Waals surface area contributed by atoms with E-state index in [0.29, 0.717) is 5.56 Å². The van der Waals surface area contributed by atoms with E-state index in [1.165, 1.54) is 6.08 Å². The van der Waals surface area contributed by atoms with Gasteiger partial charge in [-0.25, -0.2) is 4.79 Å². The molecule has 1 fully saturated rings. The second kappa shape index (κ2) is 8.82. The lowest BCUT2D eigenvalue weighted by Gasteiger charge is -2.14. The van der Waals surface area contributed by atoms with Gasteiger partial charge in [0.2, 0.25) is 5.78 Å². The number of aryl methyl sites for hydroxylation is 1. The molecule has 0 bridgehead atoms. The maximum absolute atomic E-state index is 12.5. The van der Waals surface area contributed by atoms with E-state index in [0.717, 1.165) is 42.9 Å². The molecule has 1 saturated heterocycles. The molecule has 2 heterocycles. The van der Waals surface area contributed by atoms with Crippen molar-refractivity contribution in [1.82, 2.24) is 4.57 Å². The number of ketones is 1. The maximum atomic E-state index is 12.5. The first-order chi connectivity index (χ1) is 13.0. The molecule has 1 aliphatic rings. The minimum Gasteiger partial charge on any atom is -0.454 e. The Kier molecular flexibility index (Phi) is 6.24. The first-order valence-corrected chi connectivity index (χ1v) is 9.26. The topological polar surface area (TPSA) is 57.5 Å². The van der Waals surface area contributed by atoms with Crippen LogP contribution < -0.4 is 0 Å². The van der Waals surface area contributed by atoms with Crippen LogP contribution in [0.3, 0.4) is 0 Å². The summed E-state index contributed by atoms with van der Waals surface area (Å²) in [5, 5.41) is 0. The number of benzene rings is 1. The van der Waals surface area contributed by atoms with Crippen molar-refractivity contribution in [3.63, 3.8) is 0 Å². The van der Waals surface area contributed by atoms with Crippen molar-refractivity contribution in [3.05, 3.63) is 65.0 Å². The van der Waals surface area contributed by atoms with Crippen LogP contribution >= 0.6 is 0 Å². The summed E-state index contributed by atoms with van der Waals surface area (Å²) in [4.78, 5) is 24.4. The maximum Gasteiger partial charge on any atom is 0.331 e. The normalized spacial score (nSPS) is 16.7. The molecule has 27 heavy (non-hydrogen) atoms. The standard InChI is InChI=1S/C22H25NO4/c1-16-13-20(17(2)23(16)14-19-9-6-12-26-19)21(24)15-27-22(25)11-10-18-7-4-3-5-8-18/h3-5,7-8,10-11,13,19H,6,9,12,14-15H2,1-2H3/b11-10+/t19-/m1/s1.